The van der Waals surface area contributed by atoms with Crippen LogP contribution >= 0.6 is 0 Å². The number of benzene rings is 1. The summed E-state index contributed by atoms with van der Waals surface area (Å²) in [6, 6.07) is 2.76. The van der Waals surface area contributed by atoms with Crippen LogP contribution in [0.5, 0.6) is 23.0 Å². The van der Waals surface area contributed by atoms with Gasteiger partial charge in [0.25, 0.3) is 0 Å². The number of ether oxygens (including phenoxy) is 3. The molecule has 1 N–H and O–H groups in total. The number of methoxy groups -OCH3 is 2. The first-order valence-corrected chi connectivity index (χ1v) is 4.82. The summed E-state index contributed by atoms with van der Waals surface area (Å²) in [5.74, 6) is -0.243. The number of hydrogen-bond donors (Lipinski definition) is 1. The number of carbonyl (C=O) groups is 1. The molecule has 0 aliphatic rings. The second kappa shape index (κ2) is 5.25. The van der Waals surface area contributed by atoms with E-state index in [0.717, 1.165) is 0 Å². The maximum absolute atomic E-state index is 11.4. The molecule has 0 saturated carbocycles. The van der Waals surface area contributed by atoms with Crippen LogP contribution in [-0.2, 0) is 4.79 Å². The summed E-state index contributed by atoms with van der Waals surface area (Å²) < 4.78 is 15.0. The zero-order valence-corrected chi connectivity index (χ0v) is 9.94. The van der Waals surface area contributed by atoms with Crippen LogP contribution in [0.2, 0.25) is 0 Å². The lowest BCUT2D eigenvalue weighted by atomic mass is 10.2. The van der Waals surface area contributed by atoms with E-state index in [-0.39, 0.29) is 28.6 Å². The normalized spacial score (nSPS) is 9.59. The lowest BCUT2D eigenvalue weighted by Crippen LogP contribution is -2.09. The van der Waals surface area contributed by atoms with Crippen molar-refractivity contribution in [1.82, 2.24) is 0 Å². The van der Waals surface area contributed by atoms with E-state index in [4.69, 9.17) is 14.2 Å². The maximum Gasteiger partial charge on any atom is 0.338 e. The smallest absolute Gasteiger partial charge is 0.338 e. The number of aromatic hydroxyl groups is 1. The van der Waals surface area contributed by atoms with Gasteiger partial charge in [-0.15, -0.1) is 0 Å². The molecule has 1 aromatic rings. The fourth-order valence-corrected chi connectivity index (χ4v) is 1.19. The van der Waals surface area contributed by atoms with Gasteiger partial charge >= 0.3 is 5.97 Å². The van der Waals surface area contributed by atoms with Crippen molar-refractivity contribution >= 4 is 5.97 Å². The second-order valence-corrected chi connectivity index (χ2v) is 3.32. The van der Waals surface area contributed by atoms with E-state index >= 15 is 0 Å². The molecule has 0 atom stereocenters. The molecule has 0 aliphatic carbocycles. The van der Waals surface area contributed by atoms with Crippen molar-refractivity contribution in [3.63, 3.8) is 0 Å². The third kappa shape index (κ3) is 2.69. The minimum atomic E-state index is -0.573. The van der Waals surface area contributed by atoms with Crippen molar-refractivity contribution in [1.29, 1.82) is 0 Å². The maximum atomic E-state index is 11.4. The number of phenolic OH excluding ortho intramolecular Hbond substituents is 1. The standard InChI is InChI=1S/C12H14O5/c1-7(2)12(14)17-9-6-5-8(13)10(15-3)11(9)16-4/h5-6,13H,1H2,2-4H3. The molecular weight excluding hydrogens is 224 g/mol. The predicted octanol–water partition coefficient (Wildman–Crippen LogP) is 1.89. The molecule has 0 saturated heterocycles. The van der Waals surface area contributed by atoms with E-state index in [1.807, 2.05) is 0 Å². The molecule has 0 amide bonds. The molecule has 0 bridgehead atoms. The summed E-state index contributed by atoms with van der Waals surface area (Å²) in [5, 5.41) is 9.53. The predicted molar refractivity (Wildman–Crippen MR) is 61.7 cm³/mol. The van der Waals surface area contributed by atoms with E-state index in [1.165, 1.54) is 33.3 Å². The molecule has 17 heavy (non-hydrogen) atoms. The van der Waals surface area contributed by atoms with Gasteiger partial charge in [-0.1, -0.05) is 6.58 Å². The summed E-state index contributed by atoms with van der Waals surface area (Å²) in [4.78, 5) is 11.4. The first kappa shape index (κ1) is 12.9. The Morgan fingerprint density at radius 1 is 1.24 bits per heavy atom. The number of carbonyl (C=O) groups excluding carboxylic acids is 1. The van der Waals surface area contributed by atoms with Gasteiger partial charge < -0.3 is 19.3 Å². The monoisotopic (exact) mass is 238 g/mol. The topological polar surface area (TPSA) is 65.0 Å². The molecule has 5 nitrogen and oxygen atoms in total. The number of phenols is 1. The average Bonchev–Trinajstić information content (AvgIpc) is 2.30. The fraction of sp³-hybridized carbons (Fsp3) is 0.250. The Kier molecular flexibility index (Phi) is 3.98. The molecule has 0 heterocycles. The second-order valence-electron chi connectivity index (χ2n) is 3.32. The van der Waals surface area contributed by atoms with Gasteiger partial charge in [-0.2, -0.15) is 0 Å². The van der Waals surface area contributed by atoms with Gasteiger partial charge in [0.05, 0.1) is 14.2 Å². The molecule has 92 valence electrons. The van der Waals surface area contributed by atoms with E-state index in [0.29, 0.717) is 0 Å². The first-order chi connectivity index (χ1) is 8.01. The van der Waals surface area contributed by atoms with Crippen LogP contribution in [0, 0.1) is 0 Å². The summed E-state index contributed by atoms with van der Waals surface area (Å²) >= 11 is 0. The largest absolute Gasteiger partial charge is 0.504 e. The number of hydrogen-bond acceptors (Lipinski definition) is 5. The van der Waals surface area contributed by atoms with Gasteiger partial charge in [0, 0.05) is 5.57 Å². The summed E-state index contributed by atoms with van der Waals surface area (Å²) in [6.07, 6.45) is 0. The van der Waals surface area contributed by atoms with Crippen molar-refractivity contribution in [3.8, 4) is 23.0 Å². The Hall–Kier alpha value is -2.17. The third-order valence-corrected chi connectivity index (χ3v) is 2.01. The van der Waals surface area contributed by atoms with Crippen LogP contribution in [0.1, 0.15) is 6.92 Å². The van der Waals surface area contributed by atoms with Gasteiger partial charge in [-0.3, -0.25) is 0 Å². The Labute approximate surface area is 99.2 Å². The molecule has 0 fully saturated rings. The lowest BCUT2D eigenvalue weighted by Gasteiger charge is -2.13. The Balaban J connectivity index is 3.16. The minimum Gasteiger partial charge on any atom is -0.504 e. The average molecular weight is 238 g/mol. The third-order valence-electron chi connectivity index (χ3n) is 2.01. The van der Waals surface area contributed by atoms with Crippen LogP contribution in [0.25, 0.3) is 0 Å². The molecular formula is C12H14O5. The SMILES string of the molecule is C=C(C)C(=O)Oc1ccc(O)c(OC)c1OC. The van der Waals surface area contributed by atoms with Crippen molar-refractivity contribution < 1.29 is 24.1 Å². The highest BCUT2D eigenvalue weighted by atomic mass is 16.6. The molecule has 1 rings (SSSR count). The van der Waals surface area contributed by atoms with Crippen LogP contribution in [0.4, 0.5) is 0 Å². The lowest BCUT2D eigenvalue weighted by molar-refractivity contribution is -0.130. The van der Waals surface area contributed by atoms with Gasteiger partial charge in [0.1, 0.15) is 0 Å². The van der Waals surface area contributed by atoms with Crippen molar-refractivity contribution in [2.24, 2.45) is 0 Å². The highest BCUT2D eigenvalue weighted by molar-refractivity contribution is 5.89. The molecule has 0 aliphatic heterocycles. The van der Waals surface area contributed by atoms with Crippen molar-refractivity contribution in [2.75, 3.05) is 14.2 Å². The molecule has 0 spiro atoms. The van der Waals surface area contributed by atoms with Gasteiger partial charge in [0.15, 0.2) is 11.5 Å². The number of esters is 1. The minimum absolute atomic E-state index is 0.0977. The zero-order valence-electron chi connectivity index (χ0n) is 9.94. The molecule has 1 aromatic carbocycles. The summed E-state index contributed by atoms with van der Waals surface area (Å²) in [7, 11) is 2.76. The van der Waals surface area contributed by atoms with E-state index in [1.54, 1.807) is 0 Å². The molecule has 0 radical (unpaired) electrons. The summed E-state index contributed by atoms with van der Waals surface area (Å²) in [6.45, 7) is 5.01. The van der Waals surface area contributed by atoms with Crippen molar-refractivity contribution in [2.45, 2.75) is 6.92 Å². The summed E-state index contributed by atoms with van der Waals surface area (Å²) in [5.41, 5.74) is 0.263. The van der Waals surface area contributed by atoms with E-state index in [2.05, 4.69) is 6.58 Å². The number of rotatable bonds is 4. The van der Waals surface area contributed by atoms with Gasteiger partial charge in [-0.25, -0.2) is 4.79 Å². The van der Waals surface area contributed by atoms with E-state index in [9.17, 15) is 9.90 Å². The first-order valence-electron chi connectivity index (χ1n) is 4.82. The highest BCUT2D eigenvalue weighted by Crippen LogP contribution is 2.43. The Bertz CT molecular complexity index is 450. The zero-order chi connectivity index (χ0) is 13.0. The molecule has 0 aromatic heterocycles. The van der Waals surface area contributed by atoms with Crippen LogP contribution < -0.4 is 14.2 Å². The van der Waals surface area contributed by atoms with Gasteiger partial charge in [-0.05, 0) is 19.1 Å². The molecule has 0 unspecified atom stereocenters. The van der Waals surface area contributed by atoms with Crippen molar-refractivity contribution in [3.05, 3.63) is 24.3 Å². The molecule has 5 heteroatoms. The quantitative estimate of drug-likeness (QED) is 0.493. The Morgan fingerprint density at radius 2 is 1.82 bits per heavy atom. The van der Waals surface area contributed by atoms with Crippen LogP contribution in [0.15, 0.2) is 24.3 Å². The van der Waals surface area contributed by atoms with Gasteiger partial charge in [0.2, 0.25) is 11.5 Å². The van der Waals surface area contributed by atoms with Crippen LogP contribution in [0.3, 0.4) is 0 Å². The fourth-order valence-electron chi connectivity index (χ4n) is 1.19. The highest BCUT2D eigenvalue weighted by Gasteiger charge is 2.18. The van der Waals surface area contributed by atoms with E-state index < -0.39 is 5.97 Å². The van der Waals surface area contributed by atoms with Crippen LogP contribution in [-0.4, -0.2) is 25.3 Å². The Morgan fingerprint density at radius 3 is 2.29 bits per heavy atom.